The molecule has 1 atom stereocenters. The Morgan fingerprint density at radius 3 is 2.29 bits per heavy atom. The smallest absolute Gasteiger partial charge is 0.383 e. The second-order valence-electron chi connectivity index (χ2n) is 4.65. The lowest BCUT2D eigenvalue weighted by Gasteiger charge is -2.13. The lowest BCUT2D eigenvalue weighted by atomic mass is 10.1. The maximum atomic E-state index is 12.4. The molecule has 0 heterocycles. The number of alkyl halides is 3. The molecule has 0 aliphatic heterocycles. The van der Waals surface area contributed by atoms with E-state index in [-0.39, 0.29) is 13.2 Å². The van der Waals surface area contributed by atoms with E-state index in [1.807, 2.05) is 0 Å². The summed E-state index contributed by atoms with van der Waals surface area (Å²) in [6, 6.07) is 4.65. The minimum Gasteiger partial charge on any atom is -0.383 e. The van der Waals surface area contributed by atoms with Crippen molar-refractivity contribution in [2.75, 3.05) is 20.3 Å². The molecule has 0 saturated heterocycles. The summed E-state index contributed by atoms with van der Waals surface area (Å²) < 4.78 is 67.9. The molecule has 8 heteroatoms. The van der Waals surface area contributed by atoms with Crippen molar-refractivity contribution in [2.24, 2.45) is 0 Å². The molecule has 21 heavy (non-hydrogen) atoms. The molecule has 0 bridgehead atoms. The van der Waals surface area contributed by atoms with E-state index in [9.17, 15) is 21.6 Å². The van der Waals surface area contributed by atoms with Crippen LogP contribution in [0.4, 0.5) is 13.2 Å². The zero-order chi connectivity index (χ0) is 16.1. The highest BCUT2D eigenvalue weighted by molar-refractivity contribution is 7.90. The first-order valence-electron chi connectivity index (χ1n) is 6.30. The maximum absolute atomic E-state index is 12.4. The average molecular weight is 325 g/mol. The van der Waals surface area contributed by atoms with Gasteiger partial charge in [0, 0.05) is 13.7 Å². The Morgan fingerprint density at radius 1 is 1.24 bits per heavy atom. The van der Waals surface area contributed by atoms with Crippen molar-refractivity contribution in [1.29, 1.82) is 0 Å². The summed E-state index contributed by atoms with van der Waals surface area (Å²) in [6.07, 6.45) is -4.05. The van der Waals surface area contributed by atoms with Crippen molar-refractivity contribution in [2.45, 2.75) is 24.8 Å². The first-order chi connectivity index (χ1) is 9.66. The number of sulfonamides is 1. The van der Waals surface area contributed by atoms with Crippen LogP contribution >= 0.6 is 0 Å². The molecule has 1 aromatic carbocycles. The van der Waals surface area contributed by atoms with Gasteiger partial charge in [-0.25, -0.2) is 13.1 Å². The predicted molar refractivity (Wildman–Crippen MR) is 73.4 cm³/mol. The van der Waals surface area contributed by atoms with Gasteiger partial charge < -0.3 is 4.74 Å². The number of benzene rings is 1. The van der Waals surface area contributed by atoms with Crippen molar-refractivity contribution in [1.82, 2.24) is 4.72 Å². The van der Waals surface area contributed by atoms with Crippen molar-refractivity contribution in [3.05, 3.63) is 35.4 Å². The van der Waals surface area contributed by atoms with Crippen LogP contribution in [0, 0.1) is 0 Å². The van der Waals surface area contributed by atoms with E-state index in [0.29, 0.717) is 12.0 Å². The maximum Gasteiger partial charge on any atom is 0.416 e. The van der Waals surface area contributed by atoms with Gasteiger partial charge in [0.15, 0.2) is 0 Å². The number of ether oxygens (including phenoxy) is 1. The molecule has 0 spiro atoms. The third kappa shape index (κ3) is 5.64. The molecular formula is C13H18F3NO3S. The Morgan fingerprint density at radius 2 is 1.81 bits per heavy atom. The van der Waals surface area contributed by atoms with Crippen LogP contribution in [0.15, 0.2) is 24.3 Å². The zero-order valence-corrected chi connectivity index (χ0v) is 12.6. The summed E-state index contributed by atoms with van der Waals surface area (Å²) in [5.41, 5.74) is -0.0920. The lowest BCUT2D eigenvalue weighted by molar-refractivity contribution is -0.137. The van der Waals surface area contributed by atoms with Crippen LogP contribution in [0.2, 0.25) is 0 Å². The lowest BCUT2D eigenvalue weighted by Crippen LogP contribution is -2.36. The molecule has 1 unspecified atom stereocenters. The van der Waals surface area contributed by atoms with E-state index in [1.54, 1.807) is 0 Å². The van der Waals surface area contributed by atoms with Crippen LogP contribution in [-0.2, 0) is 27.4 Å². The molecule has 0 saturated carbocycles. The monoisotopic (exact) mass is 325 g/mol. The number of rotatable bonds is 7. The standard InChI is InChI=1S/C13H18F3NO3S/c1-10(9-20-2)21(18,19)17-8-7-11-3-5-12(6-4-11)13(14,15)16/h3-6,10,17H,7-9H2,1-2H3. The topological polar surface area (TPSA) is 55.4 Å². The van der Waals surface area contributed by atoms with Gasteiger partial charge in [0.25, 0.3) is 0 Å². The van der Waals surface area contributed by atoms with E-state index in [2.05, 4.69) is 4.72 Å². The van der Waals surface area contributed by atoms with E-state index in [4.69, 9.17) is 4.74 Å². The van der Waals surface area contributed by atoms with Gasteiger partial charge in [-0.1, -0.05) is 12.1 Å². The molecule has 120 valence electrons. The van der Waals surface area contributed by atoms with Crippen molar-refractivity contribution < 1.29 is 26.3 Å². The summed E-state index contributed by atoms with van der Waals surface area (Å²) in [4.78, 5) is 0. The van der Waals surface area contributed by atoms with Gasteiger partial charge in [-0.05, 0) is 31.0 Å². The highest BCUT2D eigenvalue weighted by Gasteiger charge is 2.29. The van der Waals surface area contributed by atoms with Crippen LogP contribution in [0.5, 0.6) is 0 Å². The molecule has 0 aliphatic rings. The van der Waals surface area contributed by atoms with Gasteiger partial charge in [0.1, 0.15) is 0 Å². The second-order valence-corrected chi connectivity index (χ2v) is 6.83. The van der Waals surface area contributed by atoms with E-state index in [1.165, 1.54) is 26.2 Å². The van der Waals surface area contributed by atoms with Crippen molar-refractivity contribution in [3.63, 3.8) is 0 Å². The van der Waals surface area contributed by atoms with Crippen LogP contribution in [0.1, 0.15) is 18.1 Å². The van der Waals surface area contributed by atoms with Crippen LogP contribution in [0.25, 0.3) is 0 Å². The minimum absolute atomic E-state index is 0.0790. The summed E-state index contributed by atoms with van der Waals surface area (Å²) in [5.74, 6) is 0. The molecule has 0 fully saturated rings. The third-order valence-electron chi connectivity index (χ3n) is 2.93. The van der Waals surface area contributed by atoms with Gasteiger partial charge in [0.2, 0.25) is 10.0 Å². The average Bonchev–Trinajstić information content (AvgIpc) is 2.38. The Labute approximate surface area is 122 Å². The highest BCUT2D eigenvalue weighted by Crippen LogP contribution is 2.29. The molecule has 0 aromatic heterocycles. The predicted octanol–water partition coefficient (Wildman–Crippen LogP) is 2.20. The summed E-state index contributed by atoms with van der Waals surface area (Å²) in [5, 5.41) is -0.685. The van der Waals surface area contributed by atoms with E-state index < -0.39 is 27.0 Å². The fraction of sp³-hybridized carbons (Fsp3) is 0.538. The van der Waals surface area contributed by atoms with E-state index in [0.717, 1.165) is 12.1 Å². The Balaban J connectivity index is 2.53. The number of nitrogens with one attached hydrogen (secondary N) is 1. The van der Waals surface area contributed by atoms with Crippen molar-refractivity contribution in [3.8, 4) is 0 Å². The Bertz CT molecular complexity index is 541. The molecule has 1 aromatic rings. The highest BCUT2D eigenvalue weighted by atomic mass is 32.2. The minimum atomic E-state index is -4.37. The first-order valence-corrected chi connectivity index (χ1v) is 7.85. The molecule has 0 aliphatic carbocycles. The normalized spacial score (nSPS) is 14.1. The largest absolute Gasteiger partial charge is 0.416 e. The molecular weight excluding hydrogens is 307 g/mol. The fourth-order valence-corrected chi connectivity index (χ4v) is 2.65. The first kappa shape index (κ1) is 17.9. The zero-order valence-electron chi connectivity index (χ0n) is 11.8. The summed E-state index contributed by atoms with van der Waals surface area (Å²) >= 11 is 0. The van der Waals surface area contributed by atoms with Gasteiger partial charge in [-0.2, -0.15) is 13.2 Å². The summed E-state index contributed by atoms with van der Waals surface area (Å²) in [7, 11) is -2.07. The van der Waals surface area contributed by atoms with Crippen molar-refractivity contribution >= 4 is 10.0 Å². The Kier molecular flexibility index (Phi) is 6.18. The molecule has 1 N–H and O–H groups in total. The van der Waals surface area contributed by atoms with Gasteiger partial charge >= 0.3 is 6.18 Å². The molecule has 1 rings (SSSR count). The van der Waals surface area contributed by atoms with Crippen LogP contribution in [0.3, 0.4) is 0 Å². The number of halogens is 3. The fourth-order valence-electron chi connectivity index (χ4n) is 1.66. The quantitative estimate of drug-likeness (QED) is 0.836. The number of methoxy groups -OCH3 is 1. The molecule has 0 amide bonds. The third-order valence-corrected chi connectivity index (χ3v) is 4.73. The van der Waals surface area contributed by atoms with Crippen LogP contribution < -0.4 is 4.72 Å². The summed E-state index contributed by atoms with van der Waals surface area (Å²) in [6.45, 7) is 1.72. The number of hydrogen-bond acceptors (Lipinski definition) is 3. The van der Waals surface area contributed by atoms with Gasteiger partial charge in [0.05, 0.1) is 17.4 Å². The molecule has 0 radical (unpaired) electrons. The second kappa shape index (κ2) is 7.24. The molecule has 4 nitrogen and oxygen atoms in total. The van der Waals surface area contributed by atoms with Gasteiger partial charge in [-0.15, -0.1) is 0 Å². The van der Waals surface area contributed by atoms with Gasteiger partial charge in [-0.3, -0.25) is 0 Å². The van der Waals surface area contributed by atoms with E-state index >= 15 is 0 Å². The Hall–Kier alpha value is -1.12. The van der Waals surface area contributed by atoms with Crippen LogP contribution in [-0.4, -0.2) is 33.9 Å². The number of hydrogen-bond donors (Lipinski definition) is 1. The SMILES string of the molecule is COCC(C)S(=O)(=O)NCCc1ccc(C(F)(F)F)cc1.